The van der Waals surface area contributed by atoms with Crippen LogP contribution in [-0.2, 0) is 0 Å². The van der Waals surface area contributed by atoms with Crippen LogP contribution in [-0.4, -0.2) is 16.0 Å². The van der Waals surface area contributed by atoms with Crippen LogP contribution < -0.4 is 10.5 Å². The minimum Gasteiger partial charge on any atom is -0.482 e. The molecular formula is C17H14ClN3O3. The predicted octanol–water partition coefficient (Wildman–Crippen LogP) is 3.63. The third kappa shape index (κ3) is 3.38. The van der Waals surface area contributed by atoms with Gasteiger partial charge in [-0.1, -0.05) is 35.0 Å². The number of carbonyl (C=O) groups is 1. The summed E-state index contributed by atoms with van der Waals surface area (Å²) in [7, 11) is 0. The first-order valence-corrected chi connectivity index (χ1v) is 7.57. The first-order valence-electron chi connectivity index (χ1n) is 7.19. The van der Waals surface area contributed by atoms with Crippen molar-refractivity contribution in [3.05, 3.63) is 64.9 Å². The number of rotatable bonds is 5. The molecule has 0 radical (unpaired) electrons. The highest BCUT2D eigenvalue weighted by Gasteiger charge is 2.19. The largest absolute Gasteiger partial charge is 0.482 e. The van der Waals surface area contributed by atoms with Crippen LogP contribution in [0, 0.1) is 0 Å². The fourth-order valence-corrected chi connectivity index (χ4v) is 2.31. The highest BCUT2D eigenvalue weighted by Crippen LogP contribution is 2.27. The molecule has 2 N–H and O–H groups in total. The van der Waals surface area contributed by atoms with Gasteiger partial charge in [-0.3, -0.25) is 4.79 Å². The molecule has 0 saturated carbocycles. The average molecular weight is 344 g/mol. The zero-order valence-corrected chi connectivity index (χ0v) is 13.5. The number of ether oxygens (including phenoxy) is 1. The molecule has 122 valence electrons. The number of hydrogen-bond acceptors (Lipinski definition) is 5. The number of nitrogens with zero attached hydrogens (tertiary/aromatic N) is 2. The summed E-state index contributed by atoms with van der Waals surface area (Å²) in [5.41, 5.74) is 6.36. The van der Waals surface area contributed by atoms with Crippen LogP contribution in [0.1, 0.15) is 29.2 Å². The van der Waals surface area contributed by atoms with E-state index < -0.39 is 12.0 Å². The van der Waals surface area contributed by atoms with Crippen molar-refractivity contribution >= 4 is 17.5 Å². The number of amides is 1. The van der Waals surface area contributed by atoms with E-state index >= 15 is 0 Å². The van der Waals surface area contributed by atoms with E-state index in [4.69, 9.17) is 26.6 Å². The molecule has 0 spiro atoms. The van der Waals surface area contributed by atoms with Gasteiger partial charge in [0.1, 0.15) is 5.75 Å². The Balaban J connectivity index is 1.82. The SMILES string of the molecule is C[C@@H](Oc1ccc(Cl)cc1C(N)=O)c1noc(-c2ccccc2)n1. The third-order valence-corrected chi connectivity index (χ3v) is 3.57. The van der Waals surface area contributed by atoms with Crippen molar-refractivity contribution in [1.82, 2.24) is 10.1 Å². The maximum atomic E-state index is 11.5. The fourth-order valence-electron chi connectivity index (χ4n) is 2.14. The molecule has 2 aromatic carbocycles. The minimum absolute atomic E-state index is 0.195. The van der Waals surface area contributed by atoms with Gasteiger partial charge in [-0.05, 0) is 37.3 Å². The van der Waals surface area contributed by atoms with Crippen LogP contribution in [0.2, 0.25) is 5.02 Å². The van der Waals surface area contributed by atoms with E-state index in [0.717, 1.165) is 5.56 Å². The van der Waals surface area contributed by atoms with Gasteiger partial charge in [0.25, 0.3) is 11.8 Å². The number of hydrogen-bond donors (Lipinski definition) is 1. The lowest BCUT2D eigenvalue weighted by molar-refractivity contribution is 0.0993. The van der Waals surface area contributed by atoms with Gasteiger partial charge in [0.15, 0.2) is 6.10 Å². The molecule has 0 aliphatic rings. The van der Waals surface area contributed by atoms with Crippen molar-refractivity contribution in [2.45, 2.75) is 13.0 Å². The van der Waals surface area contributed by atoms with Gasteiger partial charge in [0.05, 0.1) is 5.56 Å². The summed E-state index contributed by atoms with van der Waals surface area (Å²) >= 11 is 5.88. The van der Waals surface area contributed by atoms with Crippen molar-refractivity contribution in [3.63, 3.8) is 0 Å². The molecule has 24 heavy (non-hydrogen) atoms. The number of nitrogens with two attached hydrogens (primary N) is 1. The lowest BCUT2D eigenvalue weighted by Crippen LogP contribution is -2.14. The summed E-state index contributed by atoms with van der Waals surface area (Å²) in [6.45, 7) is 1.75. The quantitative estimate of drug-likeness (QED) is 0.763. The Morgan fingerprint density at radius 1 is 1.25 bits per heavy atom. The van der Waals surface area contributed by atoms with Gasteiger partial charge >= 0.3 is 0 Å². The summed E-state index contributed by atoms with van der Waals surface area (Å²) in [6.07, 6.45) is -0.537. The Hall–Kier alpha value is -2.86. The normalized spacial score (nSPS) is 11.9. The molecule has 0 unspecified atom stereocenters. The van der Waals surface area contributed by atoms with Gasteiger partial charge in [-0.2, -0.15) is 4.98 Å². The van der Waals surface area contributed by atoms with E-state index in [9.17, 15) is 4.79 Å². The Morgan fingerprint density at radius 3 is 2.71 bits per heavy atom. The standard InChI is InChI=1S/C17H14ClN3O3/c1-10(23-14-8-7-12(18)9-13(14)15(19)22)16-20-17(24-21-16)11-5-3-2-4-6-11/h2-10H,1H3,(H2,19,22)/t10-/m1/s1. The average Bonchev–Trinajstić information content (AvgIpc) is 3.07. The van der Waals surface area contributed by atoms with Crippen LogP contribution in [0.25, 0.3) is 11.5 Å². The number of carbonyl (C=O) groups excluding carboxylic acids is 1. The van der Waals surface area contributed by atoms with Gasteiger partial charge in [0.2, 0.25) is 5.82 Å². The third-order valence-electron chi connectivity index (χ3n) is 3.34. The molecule has 7 heteroatoms. The van der Waals surface area contributed by atoms with Crippen molar-refractivity contribution < 1.29 is 14.1 Å². The molecule has 0 fully saturated rings. The molecule has 0 saturated heterocycles. The molecular weight excluding hydrogens is 330 g/mol. The number of benzene rings is 2. The van der Waals surface area contributed by atoms with E-state index in [-0.39, 0.29) is 5.56 Å². The van der Waals surface area contributed by atoms with E-state index in [0.29, 0.717) is 22.5 Å². The smallest absolute Gasteiger partial charge is 0.258 e. The van der Waals surface area contributed by atoms with Crippen LogP contribution in [0.5, 0.6) is 5.75 Å². The maximum absolute atomic E-state index is 11.5. The monoisotopic (exact) mass is 343 g/mol. The van der Waals surface area contributed by atoms with Gasteiger partial charge < -0.3 is 15.0 Å². The second-order valence-corrected chi connectivity index (χ2v) is 5.53. The second-order valence-electron chi connectivity index (χ2n) is 5.09. The van der Waals surface area contributed by atoms with Gasteiger partial charge in [-0.15, -0.1) is 0 Å². The van der Waals surface area contributed by atoms with E-state index in [2.05, 4.69) is 10.1 Å². The molecule has 6 nitrogen and oxygen atoms in total. The van der Waals surface area contributed by atoms with E-state index in [1.165, 1.54) is 6.07 Å². The molecule has 1 amide bonds. The van der Waals surface area contributed by atoms with Crippen LogP contribution in [0.3, 0.4) is 0 Å². The molecule has 3 rings (SSSR count). The Morgan fingerprint density at radius 2 is 2.00 bits per heavy atom. The Bertz CT molecular complexity index is 865. The second kappa shape index (κ2) is 6.72. The minimum atomic E-state index is -0.627. The number of aromatic nitrogens is 2. The zero-order chi connectivity index (χ0) is 17.1. The topological polar surface area (TPSA) is 91.2 Å². The molecule has 1 heterocycles. The lowest BCUT2D eigenvalue weighted by Gasteiger charge is -2.13. The first-order chi connectivity index (χ1) is 11.5. The van der Waals surface area contributed by atoms with Gasteiger partial charge in [0, 0.05) is 10.6 Å². The van der Waals surface area contributed by atoms with Crippen molar-refractivity contribution in [1.29, 1.82) is 0 Å². The summed E-state index contributed by atoms with van der Waals surface area (Å²) in [4.78, 5) is 15.8. The molecule has 0 aliphatic heterocycles. The molecule has 3 aromatic rings. The van der Waals surface area contributed by atoms with E-state index in [1.807, 2.05) is 30.3 Å². The highest BCUT2D eigenvalue weighted by atomic mass is 35.5. The predicted molar refractivity (Wildman–Crippen MR) is 88.7 cm³/mol. The van der Waals surface area contributed by atoms with E-state index in [1.54, 1.807) is 19.1 Å². The zero-order valence-electron chi connectivity index (χ0n) is 12.8. The van der Waals surface area contributed by atoms with Crippen molar-refractivity contribution in [3.8, 4) is 17.2 Å². The maximum Gasteiger partial charge on any atom is 0.258 e. The van der Waals surface area contributed by atoms with Crippen LogP contribution in [0.15, 0.2) is 53.1 Å². The summed E-state index contributed by atoms with van der Waals surface area (Å²) < 4.78 is 11.0. The summed E-state index contributed by atoms with van der Waals surface area (Å²) in [5, 5.41) is 4.33. The molecule has 1 aromatic heterocycles. The van der Waals surface area contributed by atoms with Crippen LogP contribution >= 0.6 is 11.6 Å². The van der Waals surface area contributed by atoms with Crippen LogP contribution in [0.4, 0.5) is 0 Å². The first kappa shape index (κ1) is 16.0. The summed E-state index contributed by atoms with van der Waals surface area (Å²) in [6, 6.07) is 14.0. The van der Waals surface area contributed by atoms with Gasteiger partial charge in [-0.25, -0.2) is 0 Å². The number of primary amides is 1. The lowest BCUT2D eigenvalue weighted by atomic mass is 10.2. The molecule has 0 bridgehead atoms. The number of halogens is 1. The molecule has 1 atom stereocenters. The highest BCUT2D eigenvalue weighted by molar-refractivity contribution is 6.31. The Kier molecular flexibility index (Phi) is 4.48. The fraction of sp³-hybridized carbons (Fsp3) is 0.118. The van der Waals surface area contributed by atoms with Crippen molar-refractivity contribution in [2.24, 2.45) is 5.73 Å². The van der Waals surface area contributed by atoms with Crippen molar-refractivity contribution in [2.75, 3.05) is 0 Å². The summed E-state index contributed by atoms with van der Waals surface area (Å²) in [5.74, 6) is 0.440. The molecule has 0 aliphatic carbocycles. The Labute approximate surface area is 143 Å².